The molecule has 0 saturated heterocycles. The Bertz CT molecular complexity index is 913. The number of benzene rings is 1. The monoisotopic (exact) mass is 447 g/mol. The van der Waals surface area contributed by atoms with Crippen molar-refractivity contribution < 1.29 is 17.7 Å². The van der Waals surface area contributed by atoms with Gasteiger partial charge in [-0.05, 0) is 57.4 Å². The van der Waals surface area contributed by atoms with E-state index in [1.165, 1.54) is 18.2 Å². The molecule has 0 aliphatic rings. The summed E-state index contributed by atoms with van der Waals surface area (Å²) in [6, 6.07) is 3.81. The van der Waals surface area contributed by atoms with Crippen LogP contribution in [0.5, 0.6) is 0 Å². The first kappa shape index (κ1) is 20.1. The van der Waals surface area contributed by atoms with Gasteiger partial charge in [0.1, 0.15) is 5.82 Å². The van der Waals surface area contributed by atoms with Crippen LogP contribution >= 0.6 is 28.8 Å². The second-order valence-electron chi connectivity index (χ2n) is 4.42. The maximum absolute atomic E-state index is 13.3. The van der Waals surface area contributed by atoms with Crippen molar-refractivity contribution in [1.29, 1.82) is 0 Å². The Morgan fingerprint density at radius 3 is 2.81 bits per heavy atom. The summed E-state index contributed by atoms with van der Waals surface area (Å²) < 4.78 is 28.8. The first-order chi connectivity index (χ1) is 12.6. The molecule has 0 bridgehead atoms. The molecule has 0 radical (unpaired) electrons. The molecule has 0 saturated carbocycles. The first-order valence-corrected chi connectivity index (χ1v) is 8.65. The van der Waals surface area contributed by atoms with Gasteiger partial charge in [-0.15, -0.1) is 0 Å². The fraction of sp³-hybridized carbons (Fsp3) is 0.286. The lowest BCUT2D eigenvalue weighted by atomic mass is 10.3. The van der Waals surface area contributed by atoms with Crippen molar-refractivity contribution in [2.75, 3.05) is 18.5 Å². The van der Waals surface area contributed by atoms with E-state index in [9.17, 15) is 9.18 Å². The fourth-order valence-corrected chi connectivity index (χ4v) is 2.56. The summed E-state index contributed by atoms with van der Waals surface area (Å²) in [7, 11) is 0. The van der Waals surface area contributed by atoms with Crippen LogP contribution in [0, 0.1) is 5.82 Å². The van der Waals surface area contributed by atoms with Crippen molar-refractivity contribution in [3.8, 4) is 17.2 Å². The lowest BCUT2D eigenvalue weighted by Crippen LogP contribution is -2.15. The Morgan fingerprint density at radius 2 is 2.12 bits per heavy atom. The third-order valence-electron chi connectivity index (χ3n) is 2.94. The molecule has 0 atom stereocenters. The van der Waals surface area contributed by atoms with Gasteiger partial charge < -0.3 is 9.50 Å². The van der Waals surface area contributed by atoms with Crippen molar-refractivity contribution >= 4 is 34.7 Å². The highest BCUT2D eigenvalue weighted by atomic mass is 79.9. The molecule has 0 amide bonds. The number of thiol groups is 1. The van der Waals surface area contributed by atoms with Crippen molar-refractivity contribution in [1.82, 2.24) is 20.0 Å². The molecule has 0 fully saturated rings. The predicted molar refractivity (Wildman–Crippen MR) is 97.8 cm³/mol. The van der Waals surface area contributed by atoms with E-state index in [0.29, 0.717) is 23.3 Å². The fourth-order valence-electron chi connectivity index (χ4n) is 1.94. The summed E-state index contributed by atoms with van der Waals surface area (Å²) in [5, 5.41) is 14.0. The maximum Gasteiger partial charge on any atom is 0.446 e. The third kappa shape index (κ3) is 4.31. The first-order valence-electron chi connectivity index (χ1n) is 7.49. The number of nitrogens with one attached hydrogen (secondary N) is 1. The molecule has 2 heterocycles. The Balaban J connectivity index is 0.00000117. The van der Waals surface area contributed by atoms with Gasteiger partial charge in [-0.2, -0.15) is 0 Å². The van der Waals surface area contributed by atoms with Gasteiger partial charge in [0.2, 0.25) is 11.6 Å². The largest absolute Gasteiger partial charge is 0.446 e. The highest BCUT2D eigenvalue weighted by Crippen LogP contribution is 2.27. The standard InChI is InChI=1S/C12H9BrFN5O4S.C2H6/c13-7-5-6(14)1-2-8(7)19-11(18-22-12(19)20)9-10(17-23-16-9)15-3-4-21-24;1-2/h1-2,5,24H,3-4H2,(H,15,17);1-2H3. The average molecular weight is 448 g/mol. The van der Waals surface area contributed by atoms with Gasteiger partial charge >= 0.3 is 5.76 Å². The molecule has 1 N–H and O–H groups in total. The Morgan fingerprint density at radius 1 is 1.35 bits per heavy atom. The summed E-state index contributed by atoms with van der Waals surface area (Å²) in [5.74, 6) is -0.956. The highest BCUT2D eigenvalue weighted by Gasteiger charge is 2.23. The summed E-state index contributed by atoms with van der Waals surface area (Å²) in [4.78, 5) is 12.0. The van der Waals surface area contributed by atoms with Gasteiger partial charge in [0, 0.05) is 11.0 Å². The van der Waals surface area contributed by atoms with Crippen molar-refractivity contribution in [2.45, 2.75) is 13.8 Å². The lowest BCUT2D eigenvalue weighted by molar-refractivity contribution is 0.309. The minimum atomic E-state index is -0.773. The molecule has 0 unspecified atom stereocenters. The van der Waals surface area contributed by atoms with Gasteiger partial charge in [-0.25, -0.2) is 18.4 Å². The zero-order chi connectivity index (χ0) is 19.1. The molecule has 140 valence electrons. The van der Waals surface area contributed by atoms with Crippen molar-refractivity contribution in [3.05, 3.63) is 39.0 Å². The Hall–Kier alpha value is -2.18. The number of halogens is 2. The van der Waals surface area contributed by atoms with E-state index in [-0.39, 0.29) is 17.3 Å². The van der Waals surface area contributed by atoms with E-state index < -0.39 is 11.6 Å². The minimum Gasteiger partial charge on any atom is -0.363 e. The summed E-state index contributed by atoms with van der Waals surface area (Å²) in [5.41, 5.74) is 0.474. The van der Waals surface area contributed by atoms with E-state index in [4.69, 9.17) is 4.52 Å². The lowest BCUT2D eigenvalue weighted by Gasteiger charge is -2.06. The van der Waals surface area contributed by atoms with Crippen LogP contribution in [0.2, 0.25) is 0 Å². The second kappa shape index (κ2) is 9.50. The molecule has 12 heteroatoms. The number of hydrogen-bond acceptors (Lipinski definition) is 9. The van der Waals surface area contributed by atoms with Crippen molar-refractivity contribution in [2.24, 2.45) is 0 Å². The molecule has 2 aromatic heterocycles. The summed E-state index contributed by atoms with van der Waals surface area (Å²) >= 11 is 6.83. The van der Waals surface area contributed by atoms with E-state index in [1.807, 2.05) is 13.8 Å². The maximum atomic E-state index is 13.3. The van der Waals surface area contributed by atoms with Crippen LogP contribution in [0.4, 0.5) is 10.2 Å². The summed E-state index contributed by atoms with van der Waals surface area (Å²) in [6.45, 7) is 4.66. The molecule has 3 aromatic rings. The van der Waals surface area contributed by atoms with Crippen molar-refractivity contribution in [3.63, 3.8) is 0 Å². The smallest absolute Gasteiger partial charge is 0.363 e. The van der Waals surface area contributed by atoms with E-state index in [0.717, 1.165) is 4.57 Å². The molecule has 26 heavy (non-hydrogen) atoms. The molecule has 0 aliphatic heterocycles. The van der Waals surface area contributed by atoms with Gasteiger partial charge in [0.05, 0.1) is 12.3 Å². The quantitative estimate of drug-likeness (QED) is 0.337. The topological polar surface area (TPSA) is 108 Å². The van der Waals surface area contributed by atoms with Crippen LogP contribution in [0.15, 0.2) is 36.6 Å². The molecular weight excluding hydrogens is 433 g/mol. The highest BCUT2D eigenvalue weighted by molar-refractivity contribution is 9.10. The normalized spacial score (nSPS) is 10.3. The SMILES string of the molecule is CC.O=c1onc(-c2nonc2NCCOS)n1-c1ccc(F)cc1Br. The van der Waals surface area contributed by atoms with Crippen LogP contribution in [-0.2, 0) is 4.18 Å². The molecule has 0 aliphatic carbocycles. The van der Waals surface area contributed by atoms with E-state index >= 15 is 0 Å². The molecule has 9 nitrogen and oxygen atoms in total. The number of aromatic nitrogens is 4. The van der Waals surface area contributed by atoms with Gasteiger partial charge in [-0.1, -0.05) is 19.0 Å². The molecule has 0 spiro atoms. The summed E-state index contributed by atoms with van der Waals surface area (Å²) in [6.07, 6.45) is 0. The van der Waals surface area contributed by atoms with Crippen LogP contribution < -0.4 is 11.1 Å². The van der Waals surface area contributed by atoms with Crippen LogP contribution in [0.3, 0.4) is 0 Å². The minimum absolute atomic E-state index is 0.0443. The Labute approximate surface area is 161 Å². The molecule has 1 aromatic carbocycles. The van der Waals surface area contributed by atoms with Gasteiger partial charge in [0.25, 0.3) is 0 Å². The van der Waals surface area contributed by atoms with Crippen LogP contribution in [-0.4, -0.2) is 33.2 Å². The van der Waals surface area contributed by atoms with Crippen LogP contribution in [0.1, 0.15) is 13.8 Å². The number of anilines is 1. The van der Waals surface area contributed by atoms with E-state index in [1.54, 1.807) is 0 Å². The zero-order valence-corrected chi connectivity index (χ0v) is 16.3. The van der Waals surface area contributed by atoms with Gasteiger partial charge in [0.15, 0.2) is 5.69 Å². The second-order valence-corrected chi connectivity index (χ2v) is 5.54. The third-order valence-corrected chi connectivity index (χ3v) is 3.76. The molecular formula is C14H15BrFN5O4S. The number of nitrogens with zero attached hydrogens (tertiary/aromatic N) is 4. The van der Waals surface area contributed by atoms with Crippen LogP contribution in [0.25, 0.3) is 17.2 Å². The molecule has 3 rings (SSSR count). The zero-order valence-electron chi connectivity index (χ0n) is 13.8. The number of hydrogen-bond donors (Lipinski definition) is 2. The number of rotatable bonds is 6. The van der Waals surface area contributed by atoms with E-state index in [2.05, 4.69) is 58.4 Å². The Kier molecular flexibility index (Phi) is 7.36. The predicted octanol–water partition coefficient (Wildman–Crippen LogP) is 3.08. The average Bonchev–Trinajstić information content (AvgIpc) is 3.24. The van der Waals surface area contributed by atoms with Gasteiger partial charge in [-0.3, -0.25) is 4.52 Å².